The summed E-state index contributed by atoms with van der Waals surface area (Å²) in [5.74, 6) is 2.16. The van der Waals surface area contributed by atoms with Gasteiger partial charge in [-0.05, 0) is 37.3 Å². The topological polar surface area (TPSA) is 43.4 Å². The highest BCUT2D eigenvalue weighted by molar-refractivity contribution is 7.99. The number of benzene rings is 1. The van der Waals surface area contributed by atoms with Gasteiger partial charge >= 0.3 is 5.97 Å². The lowest BCUT2D eigenvalue weighted by molar-refractivity contribution is -0.140. The molecule has 0 N–H and O–H groups in total. The fourth-order valence-corrected chi connectivity index (χ4v) is 4.54. The summed E-state index contributed by atoms with van der Waals surface area (Å²) in [6.45, 7) is 0. The first-order chi connectivity index (χ1) is 11.7. The fraction of sp³-hybridized carbons (Fsp3) is 0.600. The van der Waals surface area contributed by atoms with Gasteiger partial charge in [0.15, 0.2) is 0 Å². The molecule has 0 saturated heterocycles. The molecule has 0 radical (unpaired) electrons. The van der Waals surface area contributed by atoms with Gasteiger partial charge in [-0.15, -0.1) is 11.8 Å². The van der Waals surface area contributed by atoms with Crippen LogP contribution in [0.3, 0.4) is 0 Å². The molecule has 1 aromatic rings. The smallest absolute Gasteiger partial charge is 0.305 e. The first-order valence-corrected chi connectivity index (χ1v) is 9.96. The zero-order valence-electron chi connectivity index (χ0n) is 14.5. The molecule has 0 bridgehead atoms. The molecule has 24 heavy (non-hydrogen) atoms. The molecule has 2 rings (SSSR count). The molecule has 0 amide bonds. The first-order valence-electron chi connectivity index (χ1n) is 8.98. The Morgan fingerprint density at radius 2 is 1.92 bits per heavy atom. The zero-order chi connectivity index (χ0) is 17.2. The Balaban J connectivity index is 1.66. The fourth-order valence-electron chi connectivity index (χ4n) is 3.38. The molecule has 1 fully saturated rings. The highest BCUT2D eigenvalue weighted by Crippen LogP contribution is 2.36. The van der Waals surface area contributed by atoms with Crippen LogP contribution in [0.25, 0.3) is 0 Å². The van der Waals surface area contributed by atoms with E-state index in [1.807, 2.05) is 17.8 Å². The highest BCUT2D eigenvalue weighted by atomic mass is 32.2. The van der Waals surface area contributed by atoms with Gasteiger partial charge in [-0.3, -0.25) is 9.59 Å². The van der Waals surface area contributed by atoms with Crippen molar-refractivity contribution in [2.45, 2.75) is 56.3 Å². The Kier molecular flexibility index (Phi) is 8.37. The minimum atomic E-state index is -0.126. The number of unbranched alkanes of at least 4 members (excludes halogenated alkanes) is 3. The van der Waals surface area contributed by atoms with E-state index in [2.05, 4.69) is 29.0 Å². The zero-order valence-corrected chi connectivity index (χ0v) is 15.4. The third-order valence-electron chi connectivity index (χ3n) is 4.83. The van der Waals surface area contributed by atoms with E-state index in [9.17, 15) is 9.59 Å². The molecule has 1 aliphatic rings. The number of ether oxygens (including phenoxy) is 1. The maximum Gasteiger partial charge on any atom is 0.305 e. The summed E-state index contributed by atoms with van der Waals surface area (Å²) in [4.78, 5) is 24.5. The van der Waals surface area contributed by atoms with Crippen LogP contribution >= 0.6 is 11.8 Å². The van der Waals surface area contributed by atoms with Gasteiger partial charge in [-0.2, -0.15) is 0 Å². The Morgan fingerprint density at radius 3 is 2.67 bits per heavy atom. The Labute approximate surface area is 149 Å². The van der Waals surface area contributed by atoms with Crippen LogP contribution in [0.4, 0.5) is 0 Å². The minimum absolute atomic E-state index is 0.126. The number of ketones is 1. The van der Waals surface area contributed by atoms with E-state index in [0.717, 1.165) is 50.7 Å². The van der Waals surface area contributed by atoms with Gasteiger partial charge in [0.05, 0.1) is 7.11 Å². The average Bonchev–Trinajstić information content (AvgIpc) is 2.96. The molecule has 1 aromatic carbocycles. The van der Waals surface area contributed by atoms with Crippen LogP contribution < -0.4 is 0 Å². The van der Waals surface area contributed by atoms with Crippen LogP contribution in [0.5, 0.6) is 0 Å². The summed E-state index contributed by atoms with van der Waals surface area (Å²) in [5.41, 5.74) is 0. The summed E-state index contributed by atoms with van der Waals surface area (Å²) < 4.78 is 4.64. The van der Waals surface area contributed by atoms with E-state index in [0.29, 0.717) is 18.1 Å². The van der Waals surface area contributed by atoms with Crippen molar-refractivity contribution in [3.05, 3.63) is 30.3 Å². The Hall–Kier alpha value is -1.29. The van der Waals surface area contributed by atoms with E-state index in [1.165, 1.54) is 12.0 Å². The quantitative estimate of drug-likeness (QED) is 0.343. The Bertz CT molecular complexity index is 515. The van der Waals surface area contributed by atoms with Gasteiger partial charge in [-0.25, -0.2) is 0 Å². The number of methoxy groups -OCH3 is 1. The third kappa shape index (κ3) is 6.31. The number of carbonyl (C=O) groups is 2. The number of rotatable bonds is 10. The van der Waals surface area contributed by atoms with Gasteiger partial charge in [0.2, 0.25) is 0 Å². The third-order valence-corrected chi connectivity index (χ3v) is 6.03. The van der Waals surface area contributed by atoms with Gasteiger partial charge < -0.3 is 4.74 Å². The summed E-state index contributed by atoms with van der Waals surface area (Å²) in [6, 6.07) is 10.4. The molecule has 1 aliphatic carbocycles. The molecule has 0 aromatic heterocycles. The van der Waals surface area contributed by atoms with Gasteiger partial charge in [0.1, 0.15) is 5.78 Å². The van der Waals surface area contributed by atoms with Crippen molar-refractivity contribution in [2.24, 2.45) is 11.8 Å². The molecule has 0 heterocycles. The van der Waals surface area contributed by atoms with Gasteiger partial charge in [0.25, 0.3) is 0 Å². The van der Waals surface area contributed by atoms with Crippen molar-refractivity contribution in [2.75, 3.05) is 12.9 Å². The van der Waals surface area contributed by atoms with Crippen molar-refractivity contribution in [3.63, 3.8) is 0 Å². The lowest BCUT2D eigenvalue weighted by atomic mass is 9.91. The van der Waals surface area contributed by atoms with E-state index >= 15 is 0 Å². The number of Topliss-reactive ketones (excluding diaryl/α,β-unsaturated/α-hetero) is 1. The summed E-state index contributed by atoms with van der Waals surface area (Å²) in [6.07, 6.45) is 7.44. The minimum Gasteiger partial charge on any atom is -0.469 e. The van der Waals surface area contributed by atoms with Crippen LogP contribution in [0.2, 0.25) is 0 Å². The molecule has 132 valence electrons. The normalized spacial score (nSPS) is 20.3. The molecule has 4 heteroatoms. The van der Waals surface area contributed by atoms with Gasteiger partial charge in [0, 0.05) is 29.4 Å². The predicted octanol–water partition coefficient (Wildman–Crippen LogP) is 4.89. The molecule has 3 nitrogen and oxygen atoms in total. The van der Waals surface area contributed by atoms with Gasteiger partial charge in [-0.1, -0.05) is 37.5 Å². The predicted molar refractivity (Wildman–Crippen MR) is 98.1 cm³/mol. The summed E-state index contributed by atoms with van der Waals surface area (Å²) in [7, 11) is 1.43. The number of hydrogen-bond acceptors (Lipinski definition) is 4. The molecule has 0 spiro atoms. The van der Waals surface area contributed by atoms with Crippen molar-refractivity contribution in [1.29, 1.82) is 0 Å². The van der Waals surface area contributed by atoms with Crippen LogP contribution in [0.15, 0.2) is 35.2 Å². The van der Waals surface area contributed by atoms with Crippen molar-refractivity contribution in [3.8, 4) is 0 Å². The van der Waals surface area contributed by atoms with E-state index in [1.54, 1.807) is 0 Å². The standard InChI is InChI=1S/C20H28O3S/c1-23-20(22)12-8-3-2-7-11-18-16(13-14-19(18)21)15-24-17-9-5-4-6-10-17/h4-6,9-10,16,18H,2-3,7-8,11-15H2,1H3. The summed E-state index contributed by atoms with van der Waals surface area (Å²) >= 11 is 1.87. The second kappa shape index (κ2) is 10.5. The number of hydrogen-bond donors (Lipinski definition) is 0. The van der Waals surface area contributed by atoms with Crippen LogP contribution in [0.1, 0.15) is 51.4 Å². The van der Waals surface area contributed by atoms with Crippen molar-refractivity contribution < 1.29 is 14.3 Å². The SMILES string of the molecule is COC(=O)CCCCCCC1C(=O)CCC1CSc1ccccc1. The van der Waals surface area contributed by atoms with E-state index in [4.69, 9.17) is 0 Å². The molecular formula is C20H28O3S. The lowest BCUT2D eigenvalue weighted by Crippen LogP contribution is -2.16. The second-order valence-electron chi connectivity index (χ2n) is 6.52. The molecule has 1 saturated carbocycles. The average molecular weight is 349 g/mol. The van der Waals surface area contributed by atoms with Crippen LogP contribution in [-0.4, -0.2) is 24.6 Å². The first kappa shape index (κ1) is 19.0. The summed E-state index contributed by atoms with van der Waals surface area (Å²) in [5, 5.41) is 0. The Morgan fingerprint density at radius 1 is 1.17 bits per heavy atom. The maximum atomic E-state index is 12.2. The monoisotopic (exact) mass is 348 g/mol. The number of carbonyl (C=O) groups excluding carboxylic acids is 2. The number of thioether (sulfide) groups is 1. The lowest BCUT2D eigenvalue weighted by Gasteiger charge is -2.18. The van der Waals surface area contributed by atoms with E-state index < -0.39 is 0 Å². The second-order valence-corrected chi connectivity index (χ2v) is 7.62. The molecular weight excluding hydrogens is 320 g/mol. The molecule has 2 unspecified atom stereocenters. The highest BCUT2D eigenvalue weighted by Gasteiger charge is 2.33. The molecule has 0 aliphatic heterocycles. The maximum absolute atomic E-state index is 12.2. The van der Waals surface area contributed by atoms with Crippen molar-refractivity contribution >= 4 is 23.5 Å². The van der Waals surface area contributed by atoms with E-state index in [-0.39, 0.29) is 11.9 Å². The van der Waals surface area contributed by atoms with Crippen molar-refractivity contribution in [1.82, 2.24) is 0 Å². The van der Waals surface area contributed by atoms with Crippen LogP contribution in [0, 0.1) is 11.8 Å². The number of esters is 1. The van der Waals surface area contributed by atoms with Crippen LogP contribution in [-0.2, 0) is 14.3 Å². The largest absolute Gasteiger partial charge is 0.469 e. The molecule has 2 atom stereocenters.